The number of rotatable bonds is 15. The highest BCUT2D eigenvalue weighted by atomic mass is 16.7. The predicted molar refractivity (Wildman–Crippen MR) is 90.9 cm³/mol. The highest BCUT2D eigenvalue weighted by molar-refractivity contribution is 5.13. The molecule has 0 aliphatic carbocycles. The van der Waals surface area contributed by atoms with Gasteiger partial charge in [-0.25, -0.2) is 0 Å². The van der Waals surface area contributed by atoms with Crippen molar-refractivity contribution in [3.63, 3.8) is 0 Å². The molecule has 0 unspecified atom stereocenters. The fourth-order valence-electron chi connectivity index (χ4n) is 2.38. The van der Waals surface area contributed by atoms with Crippen LogP contribution in [0.1, 0.15) is 56.9 Å². The molecule has 1 aromatic rings. The van der Waals surface area contributed by atoms with Crippen LogP contribution in [0, 0.1) is 0 Å². The van der Waals surface area contributed by atoms with Gasteiger partial charge in [0, 0.05) is 20.3 Å². The van der Waals surface area contributed by atoms with Gasteiger partial charge in [-0.2, -0.15) is 0 Å². The van der Waals surface area contributed by atoms with Crippen LogP contribution in [-0.4, -0.2) is 27.1 Å². The van der Waals surface area contributed by atoms with Crippen molar-refractivity contribution in [3.8, 4) is 0 Å². The molecule has 0 aliphatic heterocycles. The second kappa shape index (κ2) is 15.0. The van der Waals surface area contributed by atoms with Gasteiger partial charge >= 0.3 is 0 Å². The lowest BCUT2D eigenvalue weighted by atomic mass is 10.1. The van der Waals surface area contributed by atoms with Gasteiger partial charge in [-0.15, -0.1) is 0 Å². The van der Waals surface area contributed by atoms with Crippen molar-refractivity contribution >= 4 is 0 Å². The fourth-order valence-corrected chi connectivity index (χ4v) is 2.38. The molecule has 0 fully saturated rings. The molecular weight excluding hydrogens is 276 g/mol. The van der Waals surface area contributed by atoms with Crippen molar-refractivity contribution in [2.45, 2.75) is 58.0 Å². The molecule has 1 rings (SSSR count). The number of unbranched alkanes of at least 4 members (excludes halogenated alkanes) is 7. The zero-order valence-corrected chi connectivity index (χ0v) is 14.1. The molecular formula is C19H32O3. The molecule has 1 aromatic carbocycles. The van der Waals surface area contributed by atoms with E-state index in [9.17, 15) is 0 Å². The maximum absolute atomic E-state index is 5.69. The monoisotopic (exact) mass is 308 g/mol. The molecule has 0 N–H and O–H groups in total. The molecule has 0 radical (unpaired) electrons. The normalized spacial score (nSPS) is 11.0. The summed E-state index contributed by atoms with van der Waals surface area (Å²) in [6.07, 6.45) is 10.2. The van der Waals surface area contributed by atoms with Gasteiger partial charge in [0.25, 0.3) is 0 Å². The van der Waals surface area contributed by atoms with Crippen molar-refractivity contribution in [3.05, 3.63) is 35.9 Å². The smallest absolute Gasteiger partial charge is 0.146 e. The molecule has 3 heteroatoms. The highest BCUT2D eigenvalue weighted by Gasteiger charge is 1.95. The summed E-state index contributed by atoms with van der Waals surface area (Å²) in [6, 6.07) is 10.4. The third-order valence-electron chi connectivity index (χ3n) is 3.64. The van der Waals surface area contributed by atoms with Crippen LogP contribution in [0.2, 0.25) is 0 Å². The number of benzene rings is 1. The summed E-state index contributed by atoms with van der Waals surface area (Å²) in [6.45, 7) is 2.87. The van der Waals surface area contributed by atoms with Gasteiger partial charge in [-0.1, -0.05) is 68.9 Å². The first-order chi connectivity index (χ1) is 10.9. The van der Waals surface area contributed by atoms with Gasteiger partial charge in [-0.3, -0.25) is 0 Å². The van der Waals surface area contributed by atoms with E-state index in [0.29, 0.717) is 6.79 Å². The van der Waals surface area contributed by atoms with E-state index in [1.807, 2.05) is 6.07 Å². The molecule has 0 spiro atoms. The van der Waals surface area contributed by atoms with Crippen LogP contribution in [0.4, 0.5) is 0 Å². The van der Waals surface area contributed by atoms with Gasteiger partial charge in [0.15, 0.2) is 0 Å². The summed E-state index contributed by atoms with van der Waals surface area (Å²) in [7, 11) is 1.66. The topological polar surface area (TPSA) is 27.7 Å². The second-order valence-corrected chi connectivity index (χ2v) is 5.68. The summed E-state index contributed by atoms with van der Waals surface area (Å²) in [5.74, 6) is 0. The van der Waals surface area contributed by atoms with E-state index in [4.69, 9.17) is 14.2 Å². The standard InChI is InChI=1S/C19H32O3/c1-20-18-22-16-12-7-5-3-2-4-6-11-15-21-17-19-13-9-8-10-14-19/h8-10,13-14H,2-7,11-12,15-18H2,1H3. The minimum absolute atomic E-state index is 0.423. The third-order valence-corrected chi connectivity index (χ3v) is 3.64. The van der Waals surface area contributed by atoms with Crippen LogP contribution in [0.3, 0.4) is 0 Å². The zero-order valence-electron chi connectivity index (χ0n) is 14.1. The Hall–Kier alpha value is -0.900. The average molecular weight is 308 g/mol. The minimum Gasteiger partial charge on any atom is -0.377 e. The first-order valence-electron chi connectivity index (χ1n) is 8.62. The van der Waals surface area contributed by atoms with Crippen LogP contribution in [0.5, 0.6) is 0 Å². The minimum atomic E-state index is 0.423. The molecule has 0 atom stereocenters. The Kier molecular flexibility index (Phi) is 13.1. The predicted octanol–water partition coefficient (Wildman–Crippen LogP) is 4.94. The van der Waals surface area contributed by atoms with Crippen molar-refractivity contribution in [1.29, 1.82) is 0 Å². The Balaban J connectivity index is 1.73. The molecule has 0 heterocycles. The summed E-state index contributed by atoms with van der Waals surface area (Å²) in [5, 5.41) is 0. The lowest BCUT2D eigenvalue weighted by Crippen LogP contribution is -1.98. The maximum Gasteiger partial charge on any atom is 0.146 e. The number of ether oxygens (including phenoxy) is 3. The summed E-state index contributed by atoms with van der Waals surface area (Å²) >= 11 is 0. The molecule has 0 aliphatic rings. The van der Waals surface area contributed by atoms with Crippen molar-refractivity contribution in [2.75, 3.05) is 27.1 Å². The van der Waals surface area contributed by atoms with E-state index in [-0.39, 0.29) is 0 Å². The molecule has 126 valence electrons. The second-order valence-electron chi connectivity index (χ2n) is 5.68. The van der Waals surface area contributed by atoms with Crippen molar-refractivity contribution < 1.29 is 14.2 Å². The van der Waals surface area contributed by atoms with E-state index >= 15 is 0 Å². The molecule has 3 nitrogen and oxygen atoms in total. The Morgan fingerprint density at radius 2 is 1.23 bits per heavy atom. The van der Waals surface area contributed by atoms with E-state index in [0.717, 1.165) is 26.2 Å². The lowest BCUT2D eigenvalue weighted by molar-refractivity contribution is -0.0315. The third kappa shape index (κ3) is 11.7. The van der Waals surface area contributed by atoms with Crippen LogP contribution < -0.4 is 0 Å². The van der Waals surface area contributed by atoms with Crippen molar-refractivity contribution in [1.82, 2.24) is 0 Å². The van der Waals surface area contributed by atoms with Gasteiger partial charge in [0.2, 0.25) is 0 Å². The van der Waals surface area contributed by atoms with E-state index < -0.39 is 0 Å². The molecule has 0 saturated heterocycles. The van der Waals surface area contributed by atoms with Gasteiger partial charge in [-0.05, 0) is 18.4 Å². The number of hydrogen-bond donors (Lipinski definition) is 0. The fraction of sp³-hybridized carbons (Fsp3) is 0.684. The quantitative estimate of drug-likeness (QED) is 0.339. The molecule has 0 saturated carbocycles. The van der Waals surface area contributed by atoms with Crippen LogP contribution in [0.25, 0.3) is 0 Å². The first kappa shape index (κ1) is 19.1. The Morgan fingerprint density at radius 3 is 1.82 bits per heavy atom. The zero-order chi connectivity index (χ0) is 15.7. The number of hydrogen-bond acceptors (Lipinski definition) is 3. The highest BCUT2D eigenvalue weighted by Crippen LogP contribution is 2.09. The van der Waals surface area contributed by atoms with Crippen LogP contribution in [-0.2, 0) is 20.8 Å². The summed E-state index contributed by atoms with van der Waals surface area (Å²) < 4.78 is 15.8. The maximum atomic E-state index is 5.69. The molecule has 0 bridgehead atoms. The average Bonchev–Trinajstić information content (AvgIpc) is 2.56. The van der Waals surface area contributed by atoms with Crippen LogP contribution in [0.15, 0.2) is 30.3 Å². The number of methoxy groups -OCH3 is 1. The Labute approximate surface area is 136 Å². The Morgan fingerprint density at radius 1 is 0.682 bits per heavy atom. The van der Waals surface area contributed by atoms with Gasteiger partial charge in [0.05, 0.1) is 6.61 Å². The molecule has 0 amide bonds. The van der Waals surface area contributed by atoms with Crippen LogP contribution >= 0.6 is 0 Å². The van der Waals surface area contributed by atoms with Gasteiger partial charge in [0.1, 0.15) is 6.79 Å². The summed E-state index contributed by atoms with van der Waals surface area (Å²) in [4.78, 5) is 0. The molecule has 0 aromatic heterocycles. The van der Waals surface area contributed by atoms with E-state index in [2.05, 4.69) is 24.3 Å². The Bertz CT molecular complexity index is 327. The van der Waals surface area contributed by atoms with Crippen molar-refractivity contribution in [2.24, 2.45) is 0 Å². The lowest BCUT2D eigenvalue weighted by Gasteiger charge is -2.05. The summed E-state index contributed by atoms with van der Waals surface area (Å²) in [5.41, 5.74) is 1.26. The van der Waals surface area contributed by atoms with E-state index in [1.165, 1.54) is 50.5 Å². The largest absolute Gasteiger partial charge is 0.377 e. The SMILES string of the molecule is COCOCCCCCCCCCCOCc1ccccc1. The molecule has 22 heavy (non-hydrogen) atoms. The van der Waals surface area contributed by atoms with E-state index in [1.54, 1.807) is 7.11 Å². The van der Waals surface area contributed by atoms with Gasteiger partial charge < -0.3 is 14.2 Å². The first-order valence-corrected chi connectivity index (χ1v) is 8.62.